The van der Waals surface area contributed by atoms with Gasteiger partial charge in [-0.05, 0) is 30.4 Å². The number of hydrazone groups is 1. The Morgan fingerprint density at radius 1 is 1.65 bits per heavy atom. The van der Waals surface area contributed by atoms with E-state index in [4.69, 9.17) is 10.5 Å². The number of nitrogens with two attached hydrogens (primary N) is 1. The highest BCUT2D eigenvalue weighted by Crippen LogP contribution is 2.21. The molecule has 5 nitrogen and oxygen atoms in total. The molecule has 0 radical (unpaired) electrons. The van der Waals surface area contributed by atoms with E-state index in [9.17, 15) is 4.79 Å². The Bertz CT molecular complexity index is 477. The molecule has 0 atom stereocenters. The summed E-state index contributed by atoms with van der Waals surface area (Å²) >= 11 is 7.91. The maximum absolute atomic E-state index is 10.9. The predicted octanol–water partition coefficient (Wildman–Crippen LogP) is 1.54. The molecule has 0 heterocycles. The molecular weight excluding hydrogens is 306 g/mol. The third-order valence-electron chi connectivity index (χ3n) is 1.60. The second-order valence-electron chi connectivity index (χ2n) is 3.01. The highest BCUT2D eigenvalue weighted by atomic mass is 79.9. The van der Waals surface area contributed by atoms with E-state index < -0.39 is 5.97 Å². The minimum atomic E-state index is -0.399. The molecule has 7 heteroatoms. The molecule has 3 N–H and O–H groups in total. The van der Waals surface area contributed by atoms with Crippen LogP contribution in [0.5, 0.6) is 5.75 Å². The lowest BCUT2D eigenvalue weighted by Crippen LogP contribution is -2.24. The predicted molar refractivity (Wildman–Crippen MR) is 73.0 cm³/mol. The van der Waals surface area contributed by atoms with Crippen LogP contribution in [-0.4, -0.2) is 17.3 Å². The van der Waals surface area contributed by atoms with Crippen molar-refractivity contribution >= 4 is 45.4 Å². The van der Waals surface area contributed by atoms with E-state index in [2.05, 4.69) is 38.7 Å². The number of carbonyl (C=O) groups excluding carboxylic acids is 1. The second kappa shape index (κ2) is 6.31. The Kier molecular flexibility index (Phi) is 5.05. The fourth-order valence-corrected chi connectivity index (χ4v) is 1.46. The Labute approximate surface area is 112 Å². The van der Waals surface area contributed by atoms with Crippen molar-refractivity contribution in [3.05, 3.63) is 28.2 Å². The molecule has 17 heavy (non-hydrogen) atoms. The van der Waals surface area contributed by atoms with Crippen LogP contribution in [0.1, 0.15) is 12.5 Å². The smallest absolute Gasteiger partial charge is 0.308 e. The van der Waals surface area contributed by atoms with Crippen molar-refractivity contribution in [3.8, 4) is 5.75 Å². The lowest BCUT2D eigenvalue weighted by Gasteiger charge is -2.05. The van der Waals surface area contributed by atoms with E-state index in [0.717, 1.165) is 4.47 Å². The lowest BCUT2D eigenvalue weighted by atomic mass is 10.2. The van der Waals surface area contributed by atoms with Gasteiger partial charge in [-0.2, -0.15) is 5.10 Å². The van der Waals surface area contributed by atoms with Crippen molar-refractivity contribution in [2.45, 2.75) is 6.92 Å². The van der Waals surface area contributed by atoms with Crippen molar-refractivity contribution in [3.63, 3.8) is 0 Å². The second-order valence-corrected chi connectivity index (χ2v) is 4.37. The van der Waals surface area contributed by atoms with Gasteiger partial charge in [0.15, 0.2) is 5.11 Å². The molecule has 0 aliphatic carbocycles. The summed E-state index contributed by atoms with van der Waals surface area (Å²) < 4.78 is 5.85. The molecule has 1 aromatic carbocycles. The molecule has 90 valence electrons. The minimum Gasteiger partial charge on any atom is -0.426 e. The fourth-order valence-electron chi connectivity index (χ4n) is 1.03. The number of hydrogen-bond acceptors (Lipinski definition) is 4. The summed E-state index contributed by atoms with van der Waals surface area (Å²) in [6.07, 6.45) is 1.46. The maximum atomic E-state index is 10.9. The number of nitrogens with one attached hydrogen (secondary N) is 1. The zero-order chi connectivity index (χ0) is 12.8. The van der Waals surface area contributed by atoms with Crippen LogP contribution in [0.15, 0.2) is 27.8 Å². The van der Waals surface area contributed by atoms with Crippen molar-refractivity contribution in [1.29, 1.82) is 0 Å². The van der Waals surface area contributed by atoms with Crippen LogP contribution in [0.4, 0.5) is 0 Å². The molecule has 1 aromatic rings. The van der Waals surface area contributed by atoms with Gasteiger partial charge in [0.05, 0.1) is 6.21 Å². The first kappa shape index (κ1) is 13.6. The van der Waals surface area contributed by atoms with Crippen molar-refractivity contribution in [2.75, 3.05) is 0 Å². The van der Waals surface area contributed by atoms with Gasteiger partial charge < -0.3 is 10.5 Å². The number of benzene rings is 1. The number of nitrogens with zero attached hydrogens (tertiary/aromatic N) is 1. The Morgan fingerprint density at radius 2 is 2.35 bits per heavy atom. The van der Waals surface area contributed by atoms with Crippen LogP contribution < -0.4 is 15.9 Å². The Balaban J connectivity index is 2.94. The van der Waals surface area contributed by atoms with E-state index in [1.165, 1.54) is 13.1 Å². The topological polar surface area (TPSA) is 76.7 Å². The standard InChI is InChI=1S/C10H10BrN3O2S/c1-6(15)16-9-3-2-8(11)4-7(9)5-13-14-10(12)17/h2-5H,1H3,(H3,12,14,17)/b13-5-. The monoisotopic (exact) mass is 315 g/mol. The van der Waals surface area contributed by atoms with E-state index in [-0.39, 0.29) is 5.11 Å². The molecule has 0 aliphatic rings. The first-order valence-electron chi connectivity index (χ1n) is 4.55. The van der Waals surface area contributed by atoms with E-state index in [1.54, 1.807) is 18.2 Å². The molecule has 0 spiro atoms. The molecule has 0 amide bonds. The van der Waals surface area contributed by atoms with Gasteiger partial charge in [0.25, 0.3) is 0 Å². The summed E-state index contributed by atoms with van der Waals surface area (Å²) in [6.45, 7) is 1.33. The molecule has 0 bridgehead atoms. The zero-order valence-corrected chi connectivity index (χ0v) is 11.3. The normalized spacial score (nSPS) is 10.2. The van der Waals surface area contributed by atoms with Gasteiger partial charge in [-0.1, -0.05) is 15.9 Å². The van der Waals surface area contributed by atoms with E-state index >= 15 is 0 Å². The molecule has 0 saturated heterocycles. The molecule has 0 fully saturated rings. The van der Waals surface area contributed by atoms with Crippen LogP contribution in [0.25, 0.3) is 0 Å². The zero-order valence-electron chi connectivity index (χ0n) is 8.94. The summed E-state index contributed by atoms with van der Waals surface area (Å²) in [5, 5.41) is 3.86. The number of ether oxygens (including phenoxy) is 1. The van der Waals surface area contributed by atoms with Gasteiger partial charge in [0.2, 0.25) is 0 Å². The lowest BCUT2D eigenvalue weighted by molar-refractivity contribution is -0.131. The highest BCUT2D eigenvalue weighted by Gasteiger charge is 2.05. The molecule has 0 aliphatic heterocycles. The highest BCUT2D eigenvalue weighted by molar-refractivity contribution is 9.10. The van der Waals surface area contributed by atoms with Crippen LogP contribution in [0, 0.1) is 0 Å². The summed E-state index contributed by atoms with van der Waals surface area (Å²) in [6, 6.07) is 5.17. The molecule has 1 rings (SSSR count). The van der Waals surface area contributed by atoms with Crippen LogP contribution in [0.2, 0.25) is 0 Å². The Morgan fingerprint density at radius 3 is 2.94 bits per heavy atom. The van der Waals surface area contributed by atoms with Crippen molar-refractivity contribution < 1.29 is 9.53 Å². The SMILES string of the molecule is CC(=O)Oc1ccc(Br)cc1/C=N\NC(N)=S. The number of esters is 1. The van der Waals surface area contributed by atoms with E-state index in [1.807, 2.05) is 0 Å². The van der Waals surface area contributed by atoms with Gasteiger partial charge in [-0.15, -0.1) is 0 Å². The largest absolute Gasteiger partial charge is 0.426 e. The maximum Gasteiger partial charge on any atom is 0.308 e. The molecule has 0 saturated carbocycles. The number of carbonyl (C=O) groups is 1. The molecule has 0 aromatic heterocycles. The number of rotatable bonds is 3. The minimum absolute atomic E-state index is 0.0604. The van der Waals surface area contributed by atoms with E-state index in [0.29, 0.717) is 11.3 Å². The van der Waals surface area contributed by atoms with Crippen LogP contribution in [-0.2, 0) is 4.79 Å². The number of thiocarbonyl (C=S) groups is 1. The average Bonchev–Trinajstić information content (AvgIpc) is 2.21. The van der Waals surface area contributed by atoms with Gasteiger partial charge in [-0.25, -0.2) is 0 Å². The van der Waals surface area contributed by atoms with Crippen LogP contribution >= 0.6 is 28.1 Å². The Hall–Kier alpha value is -1.47. The fraction of sp³-hybridized carbons (Fsp3) is 0.100. The van der Waals surface area contributed by atoms with Gasteiger partial charge in [0, 0.05) is 17.0 Å². The summed E-state index contributed by atoms with van der Waals surface area (Å²) in [5.41, 5.74) is 8.26. The molecular formula is C10H10BrN3O2S. The van der Waals surface area contributed by atoms with Gasteiger partial charge in [-0.3, -0.25) is 10.2 Å². The first-order chi connectivity index (χ1) is 7.99. The summed E-state index contributed by atoms with van der Waals surface area (Å²) in [4.78, 5) is 10.9. The van der Waals surface area contributed by atoms with Crippen molar-refractivity contribution in [1.82, 2.24) is 5.43 Å². The average molecular weight is 316 g/mol. The first-order valence-corrected chi connectivity index (χ1v) is 5.75. The molecule has 0 unspecified atom stereocenters. The summed E-state index contributed by atoms with van der Waals surface area (Å²) in [5.74, 6) is 0.0125. The van der Waals surface area contributed by atoms with Gasteiger partial charge >= 0.3 is 5.97 Å². The quantitative estimate of drug-likeness (QED) is 0.291. The van der Waals surface area contributed by atoms with Crippen LogP contribution in [0.3, 0.4) is 0 Å². The summed E-state index contributed by atoms with van der Waals surface area (Å²) in [7, 11) is 0. The van der Waals surface area contributed by atoms with Crippen molar-refractivity contribution in [2.24, 2.45) is 10.8 Å². The third-order valence-corrected chi connectivity index (χ3v) is 2.19. The third kappa shape index (κ3) is 4.92. The van der Waals surface area contributed by atoms with Gasteiger partial charge in [0.1, 0.15) is 5.75 Å². The number of halogens is 1. The number of hydrogen-bond donors (Lipinski definition) is 2.